The van der Waals surface area contributed by atoms with Crippen LogP contribution in [0.2, 0.25) is 0 Å². The van der Waals surface area contributed by atoms with Gasteiger partial charge in [0.1, 0.15) is 5.56 Å². The van der Waals surface area contributed by atoms with E-state index in [4.69, 9.17) is 5.11 Å². The first-order valence-corrected chi connectivity index (χ1v) is 5.33. The lowest BCUT2D eigenvalue weighted by molar-refractivity contribution is -0.190. The second kappa shape index (κ2) is 4.25. The van der Waals surface area contributed by atoms with E-state index in [-0.39, 0.29) is 18.7 Å². The number of aromatic carboxylic acids is 1. The Labute approximate surface area is 105 Å². The minimum absolute atomic E-state index is 0.0494. The predicted molar refractivity (Wildman–Crippen MR) is 55.5 cm³/mol. The monoisotopic (exact) mass is 277 g/mol. The standard InChI is InChI=1S/C10H10F3N3O3/c1-15-7(6(2-14-15)8(17)18)5-3-16(4-5)9(19)10(11,12)13/h2,5H,3-4H2,1H3,(H,17,18). The van der Waals surface area contributed by atoms with Crippen LogP contribution in [0.4, 0.5) is 13.2 Å². The van der Waals surface area contributed by atoms with Crippen LogP contribution in [0.1, 0.15) is 22.0 Å². The average molecular weight is 277 g/mol. The minimum Gasteiger partial charge on any atom is -0.478 e. The molecule has 104 valence electrons. The van der Waals surface area contributed by atoms with E-state index in [0.29, 0.717) is 10.6 Å². The first kappa shape index (κ1) is 13.4. The number of carboxylic acid groups (broad SMARTS) is 1. The maximum absolute atomic E-state index is 12.2. The Hall–Kier alpha value is -2.06. The molecular weight excluding hydrogens is 267 g/mol. The fourth-order valence-electron chi connectivity index (χ4n) is 2.09. The highest BCUT2D eigenvalue weighted by Gasteiger charge is 2.47. The van der Waals surface area contributed by atoms with Crippen LogP contribution in [0.5, 0.6) is 0 Å². The molecule has 0 aromatic carbocycles. The molecule has 2 heterocycles. The fraction of sp³-hybridized carbons (Fsp3) is 0.500. The maximum atomic E-state index is 12.2. The topological polar surface area (TPSA) is 75.4 Å². The van der Waals surface area contributed by atoms with Gasteiger partial charge in [-0.25, -0.2) is 4.79 Å². The van der Waals surface area contributed by atoms with E-state index in [1.54, 1.807) is 0 Å². The van der Waals surface area contributed by atoms with Crippen molar-refractivity contribution in [1.29, 1.82) is 0 Å². The van der Waals surface area contributed by atoms with Crippen LogP contribution in [-0.4, -0.2) is 50.9 Å². The molecule has 2 rings (SSSR count). The first-order valence-electron chi connectivity index (χ1n) is 5.33. The summed E-state index contributed by atoms with van der Waals surface area (Å²) in [6.07, 6.45) is -3.75. The Morgan fingerprint density at radius 1 is 1.42 bits per heavy atom. The molecule has 1 aliphatic heterocycles. The summed E-state index contributed by atoms with van der Waals surface area (Å²) in [5.41, 5.74) is 0.283. The molecule has 19 heavy (non-hydrogen) atoms. The molecule has 0 bridgehead atoms. The summed E-state index contributed by atoms with van der Waals surface area (Å²) in [4.78, 5) is 22.5. The quantitative estimate of drug-likeness (QED) is 0.859. The van der Waals surface area contributed by atoms with Crippen molar-refractivity contribution in [3.63, 3.8) is 0 Å². The normalized spacial score (nSPS) is 16.3. The SMILES string of the molecule is Cn1ncc(C(=O)O)c1C1CN(C(=O)C(F)(F)F)C1. The van der Waals surface area contributed by atoms with Crippen molar-refractivity contribution >= 4 is 11.9 Å². The second-order valence-corrected chi connectivity index (χ2v) is 4.28. The largest absolute Gasteiger partial charge is 0.478 e. The van der Waals surface area contributed by atoms with Crippen LogP contribution >= 0.6 is 0 Å². The van der Waals surface area contributed by atoms with Crippen LogP contribution in [0.3, 0.4) is 0 Å². The fourth-order valence-corrected chi connectivity index (χ4v) is 2.09. The molecule has 0 radical (unpaired) electrons. The van der Waals surface area contributed by atoms with E-state index in [1.165, 1.54) is 11.7 Å². The van der Waals surface area contributed by atoms with E-state index in [2.05, 4.69) is 5.10 Å². The smallest absolute Gasteiger partial charge is 0.471 e. The van der Waals surface area contributed by atoms with E-state index < -0.39 is 24.0 Å². The molecule has 1 aromatic heterocycles. The lowest BCUT2D eigenvalue weighted by atomic mass is 9.93. The van der Waals surface area contributed by atoms with E-state index in [9.17, 15) is 22.8 Å². The molecule has 1 amide bonds. The number of hydrogen-bond acceptors (Lipinski definition) is 3. The van der Waals surface area contributed by atoms with Crippen molar-refractivity contribution in [2.45, 2.75) is 12.1 Å². The minimum atomic E-state index is -4.90. The van der Waals surface area contributed by atoms with Gasteiger partial charge in [-0.2, -0.15) is 18.3 Å². The third kappa shape index (κ3) is 2.27. The number of alkyl halides is 3. The Morgan fingerprint density at radius 2 is 2.00 bits per heavy atom. The molecule has 0 saturated carbocycles. The summed E-state index contributed by atoms with van der Waals surface area (Å²) in [6.45, 7) is -0.309. The number of nitrogens with zero attached hydrogens (tertiary/aromatic N) is 3. The third-order valence-electron chi connectivity index (χ3n) is 3.01. The van der Waals surface area contributed by atoms with Gasteiger partial charge in [-0.15, -0.1) is 0 Å². The van der Waals surface area contributed by atoms with E-state index >= 15 is 0 Å². The molecule has 0 unspecified atom stereocenters. The van der Waals surface area contributed by atoms with Gasteiger partial charge < -0.3 is 10.0 Å². The van der Waals surface area contributed by atoms with Gasteiger partial charge in [-0.05, 0) is 0 Å². The molecule has 0 aliphatic carbocycles. The van der Waals surface area contributed by atoms with Gasteiger partial charge in [-0.1, -0.05) is 0 Å². The zero-order chi connectivity index (χ0) is 14.4. The van der Waals surface area contributed by atoms with Crippen LogP contribution in [0.15, 0.2) is 6.20 Å². The molecule has 1 saturated heterocycles. The van der Waals surface area contributed by atoms with E-state index in [1.807, 2.05) is 0 Å². The summed E-state index contributed by atoms with van der Waals surface area (Å²) in [7, 11) is 1.51. The van der Waals surface area contributed by atoms with Crippen molar-refractivity contribution in [3.8, 4) is 0 Å². The molecule has 1 aromatic rings. The van der Waals surface area contributed by atoms with Crippen LogP contribution in [0.25, 0.3) is 0 Å². The van der Waals surface area contributed by atoms with Gasteiger partial charge in [-0.3, -0.25) is 9.48 Å². The lowest BCUT2D eigenvalue weighted by Gasteiger charge is -2.39. The summed E-state index contributed by atoms with van der Waals surface area (Å²) < 4.78 is 37.8. The second-order valence-electron chi connectivity index (χ2n) is 4.28. The molecule has 6 nitrogen and oxygen atoms in total. The van der Waals surface area contributed by atoms with Crippen molar-refractivity contribution < 1.29 is 27.9 Å². The Kier molecular flexibility index (Phi) is 2.99. The zero-order valence-electron chi connectivity index (χ0n) is 9.81. The van der Waals surface area contributed by atoms with Gasteiger partial charge in [0.05, 0.1) is 11.9 Å². The highest BCUT2D eigenvalue weighted by molar-refractivity contribution is 5.89. The first-order chi connectivity index (χ1) is 8.71. The molecular formula is C10H10F3N3O3. The molecule has 9 heteroatoms. The third-order valence-corrected chi connectivity index (χ3v) is 3.01. The highest BCUT2D eigenvalue weighted by atomic mass is 19.4. The van der Waals surface area contributed by atoms with Gasteiger partial charge >= 0.3 is 18.1 Å². The molecule has 0 atom stereocenters. The number of hydrogen-bond donors (Lipinski definition) is 1. The number of rotatable bonds is 2. The van der Waals surface area contributed by atoms with Crippen molar-refractivity contribution in [1.82, 2.24) is 14.7 Å². The van der Waals surface area contributed by atoms with Gasteiger partial charge in [0.15, 0.2) is 0 Å². The van der Waals surface area contributed by atoms with Gasteiger partial charge in [0.25, 0.3) is 0 Å². The number of carboxylic acids is 1. The van der Waals surface area contributed by atoms with E-state index in [0.717, 1.165) is 6.20 Å². The van der Waals surface area contributed by atoms with Crippen molar-refractivity contribution in [3.05, 3.63) is 17.5 Å². The number of amides is 1. The van der Waals surface area contributed by atoms with Crippen LogP contribution in [-0.2, 0) is 11.8 Å². The van der Waals surface area contributed by atoms with Crippen molar-refractivity contribution in [2.24, 2.45) is 7.05 Å². The van der Waals surface area contributed by atoms with Crippen LogP contribution in [0, 0.1) is 0 Å². The highest BCUT2D eigenvalue weighted by Crippen LogP contribution is 2.32. The number of likely N-dealkylation sites (tertiary alicyclic amines) is 1. The number of aryl methyl sites for hydroxylation is 1. The molecule has 1 fully saturated rings. The summed E-state index contributed by atoms with van der Waals surface area (Å²) in [5.74, 6) is -3.53. The number of halogens is 3. The zero-order valence-corrected chi connectivity index (χ0v) is 9.81. The summed E-state index contributed by atoms with van der Waals surface area (Å²) >= 11 is 0. The number of carbonyl (C=O) groups excluding carboxylic acids is 1. The summed E-state index contributed by atoms with van der Waals surface area (Å²) in [5, 5.41) is 12.7. The average Bonchev–Trinajstić information content (AvgIpc) is 2.57. The Bertz CT molecular complexity index is 532. The molecule has 1 aliphatic rings. The number of carbonyl (C=O) groups is 2. The Morgan fingerprint density at radius 3 is 2.47 bits per heavy atom. The predicted octanol–water partition coefficient (Wildman–Crippen LogP) is 0.606. The lowest BCUT2D eigenvalue weighted by Crippen LogP contribution is -2.53. The molecule has 0 spiro atoms. The molecule has 1 N–H and O–H groups in total. The van der Waals surface area contributed by atoms with Crippen LogP contribution < -0.4 is 0 Å². The summed E-state index contributed by atoms with van der Waals surface area (Å²) in [6, 6.07) is 0. The Balaban J connectivity index is 2.11. The van der Waals surface area contributed by atoms with Gasteiger partial charge in [0, 0.05) is 26.1 Å². The van der Waals surface area contributed by atoms with Gasteiger partial charge in [0.2, 0.25) is 0 Å². The maximum Gasteiger partial charge on any atom is 0.471 e. The number of aromatic nitrogens is 2. The van der Waals surface area contributed by atoms with Crippen molar-refractivity contribution in [2.75, 3.05) is 13.1 Å².